The monoisotopic (exact) mass is 207 g/mol. The second-order valence-electron chi connectivity index (χ2n) is 4.01. The molecule has 1 rings (SSSR count). The topological polar surface area (TPSA) is 21.3 Å². The van der Waals surface area contributed by atoms with E-state index in [0.29, 0.717) is 5.92 Å². The van der Waals surface area contributed by atoms with Crippen LogP contribution in [-0.4, -0.2) is 20.3 Å². The maximum Gasteiger partial charge on any atom is 0.0488 e. The summed E-state index contributed by atoms with van der Waals surface area (Å²) in [6.45, 7) is 5.08. The van der Waals surface area contributed by atoms with Crippen molar-refractivity contribution in [3.8, 4) is 0 Å². The molecule has 15 heavy (non-hydrogen) atoms. The van der Waals surface area contributed by atoms with Gasteiger partial charge in [-0.3, -0.25) is 0 Å². The Morgan fingerprint density at radius 2 is 2.00 bits per heavy atom. The van der Waals surface area contributed by atoms with Gasteiger partial charge in [0.15, 0.2) is 0 Å². The molecule has 0 bridgehead atoms. The maximum absolute atomic E-state index is 5.09. The number of methoxy groups -OCH3 is 1. The quantitative estimate of drug-likeness (QED) is 0.693. The van der Waals surface area contributed by atoms with E-state index in [1.807, 2.05) is 6.07 Å². The van der Waals surface area contributed by atoms with E-state index in [1.165, 1.54) is 12.0 Å². The number of rotatable bonds is 7. The van der Waals surface area contributed by atoms with E-state index >= 15 is 0 Å². The van der Waals surface area contributed by atoms with E-state index in [2.05, 4.69) is 36.5 Å². The molecule has 1 aromatic carbocycles. The third kappa shape index (κ3) is 5.55. The lowest BCUT2D eigenvalue weighted by molar-refractivity contribution is 0.155. The Morgan fingerprint density at radius 3 is 2.67 bits per heavy atom. The fraction of sp³-hybridized carbons (Fsp3) is 0.538. The van der Waals surface area contributed by atoms with Crippen LogP contribution in [0.1, 0.15) is 18.9 Å². The van der Waals surface area contributed by atoms with Crippen molar-refractivity contribution in [2.45, 2.75) is 19.9 Å². The largest absolute Gasteiger partial charge is 0.384 e. The van der Waals surface area contributed by atoms with Crippen molar-refractivity contribution in [2.24, 2.45) is 5.92 Å². The molecule has 0 heterocycles. The van der Waals surface area contributed by atoms with E-state index in [-0.39, 0.29) is 0 Å². The third-order valence-corrected chi connectivity index (χ3v) is 2.44. The second-order valence-corrected chi connectivity index (χ2v) is 4.01. The Hall–Kier alpha value is -0.860. The minimum atomic E-state index is 0.637. The molecule has 0 aliphatic carbocycles. The van der Waals surface area contributed by atoms with Crippen molar-refractivity contribution in [1.29, 1.82) is 0 Å². The number of benzene rings is 1. The summed E-state index contributed by atoms with van der Waals surface area (Å²) in [5, 5.41) is 3.44. The number of nitrogens with one attached hydrogen (secondary N) is 1. The van der Waals surface area contributed by atoms with E-state index in [9.17, 15) is 0 Å². The standard InChI is InChI=1S/C13H21NO/c1-12(11-15-2)8-9-14-10-13-6-4-3-5-7-13/h3-7,12,14H,8-11H2,1-2H3. The van der Waals surface area contributed by atoms with Gasteiger partial charge in [0.25, 0.3) is 0 Å². The molecule has 2 nitrogen and oxygen atoms in total. The van der Waals surface area contributed by atoms with E-state index in [1.54, 1.807) is 7.11 Å². The first-order valence-corrected chi connectivity index (χ1v) is 5.56. The van der Waals surface area contributed by atoms with Gasteiger partial charge in [-0.25, -0.2) is 0 Å². The number of ether oxygens (including phenoxy) is 1. The van der Waals surface area contributed by atoms with Crippen molar-refractivity contribution in [1.82, 2.24) is 5.32 Å². The van der Waals surface area contributed by atoms with Crippen molar-refractivity contribution in [2.75, 3.05) is 20.3 Å². The van der Waals surface area contributed by atoms with Crippen LogP contribution < -0.4 is 5.32 Å². The normalized spacial score (nSPS) is 12.7. The van der Waals surface area contributed by atoms with Crippen molar-refractivity contribution in [3.05, 3.63) is 35.9 Å². The predicted octanol–water partition coefficient (Wildman–Crippen LogP) is 2.45. The third-order valence-electron chi connectivity index (χ3n) is 2.44. The lowest BCUT2D eigenvalue weighted by Gasteiger charge is -2.10. The molecule has 0 aliphatic heterocycles. The molecule has 1 N–H and O–H groups in total. The molecule has 0 amide bonds. The van der Waals surface area contributed by atoms with E-state index < -0.39 is 0 Å². The van der Waals surface area contributed by atoms with Crippen molar-refractivity contribution in [3.63, 3.8) is 0 Å². The fourth-order valence-corrected chi connectivity index (χ4v) is 1.54. The highest BCUT2D eigenvalue weighted by atomic mass is 16.5. The lowest BCUT2D eigenvalue weighted by atomic mass is 10.1. The van der Waals surface area contributed by atoms with Crippen LogP contribution in [0, 0.1) is 5.92 Å². The summed E-state index contributed by atoms with van der Waals surface area (Å²) in [6, 6.07) is 10.5. The molecule has 0 saturated carbocycles. The molecular formula is C13H21NO. The predicted molar refractivity (Wildman–Crippen MR) is 63.8 cm³/mol. The SMILES string of the molecule is COCC(C)CCNCc1ccccc1. The Balaban J connectivity index is 2.07. The van der Waals surface area contributed by atoms with Crippen LogP contribution >= 0.6 is 0 Å². The Bertz CT molecular complexity index is 248. The average molecular weight is 207 g/mol. The Kier molecular flexibility index (Phi) is 6.05. The van der Waals surface area contributed by atoms with Gasteiger partial charge < -0.3 is 10.1 Å². The molecule has 2 heteroatoms. The summed E-state index contributed by atoms with van der Waals surface area (Å²) >= 11 is 0. The first-order valence-electron chi connectivity index (χ1n) is 5.56. The van der Waals surface area contributed by atoms with Gasteiger partial charge in [0.05, 0.1) is 0 Å². The van der Waals surface area contributed by atoms with Crippen molar-refractivity contribution < 1.29 is 4.74 Å². The van der Waals surface area contributed by atoms with Crippen LogP contribution in [0.3, 0.4) is 0 Å². The second kappa shape index (κ2) is 7.43. The molecule has 1 atom stereocenters. The zero-order valence-electron chi connectivity index (χ0n) is 9.70. The average Bonchev–Trinajstić information content (AvgIpc) is 2.26. The first-order chi connectivity index (χ1) is 7.33. The summed E-state index contributed by atoms with van der Waals surface area (Å²) in [5.41, 5.74) is 1.34. The first kappa shape index (κ1) is 12.2. The van der Waals surface area contributed by atoms with Crippen LogP contribution in [0.15, 0.2) is 30.3 Å². The summed E-state index contributed by atoms with van der Waals surface area (Å²) in [4.78, 5) is 0. The molecule has 0 spiro atoms. The van der Waals surface area contributed by atoms with Crippen LogP contribution in [0.25, 0.3) is 0 Å². The summed E-state index contributed by atoms with van der Waals surface area (Å²) < 4.78 is 5.09. The zero-order chi connectivity index (χ0) is 10.9. The molecule has 1 unspecified atom stereocenters. The van der Waals surface area contributed by atoms with Gasteiger partial charge in [0.1, 0.15) is 0 Å². The minimum Gasteiger partial charge on any atom is -0.384 e. The zero-order valence-corrected chi connectivity index (χ0v) is 9.70. The highest BCUT2D eigenvalue weighted by molar-refractivity contribution is 5.14. The Morgan fingerprint density at radius 1 is 1.27 bits per heavy atom. The van der Waals surface area contributed by atoms with Crippen LogP contribution in [-0.2, 0) is 11.3 Å². The van der Waals surface area contributed by atoms with Gasteiger partial charge in [-0.2, -0.15) is 0 Å². The molecule has 0 aliphatic rings. The van der Waals surface area contributed by atoms with Gasteiger partial charge in [0, 0.05) is 20.3 Å². The summed E-state index contributed by atoms with van der Waals surface area (Å²) in [5.74, 6) is 0.637. The van der Waals surface area contributed by atoms with Crippen LogP contribution in [0.5, 0.6) is 0 Å². The minimum absolute atomic E-state index is 0.637. The van der Waals surface area contributed by atoms with Gasteiger partial charge in [-0.05, 0) is 24.4 Å². The molecule has 0 aromatic heterocycles. The summed E-state index contributed by atoms with van der Waals surface area (Å²) in [7, 11) is 1.76. The van der Waals surface area contributed by atoms with Crippen LogP contribution in [0.4, 0.5) is 0 Å². The van der Waals surface area contributed by atoms with Gasteiger partial charge in [-0.1, -0.05) is 37.3 Å². The highest BCUT2D eigenvalue weighted by Gasteiger charge is 2.00. The molecule has 0 radical (unpaired) electrons. The molecule has 84 valence electrons. The molecule has 0 saturated heterocycles. The molecule has 0 fully saturated rings. The van der Waals surface area contributed by atoms with Gasteiger partial charge in [-0.15, -0.1) is 0 Å². The Labute approximate surface area is 92.6 Å². The summed E-state index contributed by atoms with van der Waals surface area (Å²) in [6.07, 6.45) is 1.17. The lowest BCUT2D eigenvalue weighted by Crippen LogP contribution is -2.18. The van der Waals surface area contributed by atoms with Gasteiger partial charge in [0.2, 0.25) is 0 Å². The fourth-order valence-electron chi connectivity index (χ4n) is 1.54. The molecule has 1 aromatic rings. The molecular weight excluding hydrogens is 186 g/mol. The van der Waals surface area contributed by atoms with E-state index in [0.717, 1.165) is 19.7 Å². The van der Waals surface area contributed by atoms with Gasteiger partial charge >= 0.3 is 0 Å². The highest BCUT2D eigenvalue weighted by Crippen LogP contribution is 2.01. The van der Waals surface area contributed by atoms with Crippen LogP contribution in [0.2, 0.25) is 0 Å². The number of hydrogen-bond acceptors (Lipinski definition) is 2. The van der Waals surface area contributed by atoms with E-state index in [4.69, 9.17) is 4.74 Å². The van der Waals surface area contributed by atoms with Crippen molar-refractivity contribution >= 4 is 0 Å². The smallest absolute Gasteiger partial charge is 0.0488 e. The number of hydrogen-bond donors (Lipinski definition) is 1. The maximum atomic E-state index is 5.09.